The molecule has 3 heterocycles. The van der Waals surface area contributed by atoms with E-state index in [1.165, 1.54) is 24.3 Å². The summed E-state index contributed by atoms with van der Waals surface area (Å²) < 4.78 is 86.8. The Kier molecular flexibility index (Phi) is 34.1. The molecule has 6 rings (SSSR count). The number of fused-ring (bicyclic) bond motifs is 1. The summed E-state index contributed by atoms with van der Waals surface area (Å²) in [5.74, 6) is -4.25. The first kappa shape index (κ1) is 80.9. The second-order valence-corrected chi connectivity index (χ2v) is 26.4. The summed E-state index contributed by atoms with van der Waals surface area (Å²) in [6.45, 7) is 11.7. The largest absolute Gasteiger partial charge is 0.494 e. The van der Waals surface area contributed by atoms with E-state index in [0.717, 1.165) is 11.9 Å². The minimum atomic E-state index is -4.40. The van der Waals surface area contributed by atoms with Crippen LogP contribution in [-0.4, -0.2) is 281 Å². The van der Waals surface area contributed by atoms with Crippen molar-refractivity contribution in [2.45, 2.75) is 82.8 Å². The van der Waals surface area contributed by atoms with Gasteiger partial charge in [0.25, 0.3) is 17.1 Å². The van der Waals surface area contributed by atoms with Crippen LogP contribution in [0.4, 0.5) is 5.95 Å². The van der Waals surface area contributed by atoms with Crippen molar-refractivity contribution in [2.24, 2.45) is 0 Å². The fourth-order valence-electron chi connectivity index (χ4n) is 10.8. The first-order valence-electron chi connectivity index (χ1n) is 33.0. The molecule has 5 aromatic rings. The van der Waals surface area contributed by atoms with Crippen LogP contribution in [0.25, 0.3) is 10.9 Å². The zero-order chi connectivity index (χ0) is 72.5. The number of carboxylic acids is 3. The second kappa shape index (κ2) is 42.2. The minimum absolute atomic E-state index is 0.0309. The molecule has 0 radical (unpaired) electrons. The van der Waals surface area contributed by atoms with Gasteiger partial charge in [-0.3, -0.25) is 66.6 Å². The van der Waals surface area contributed by atoms with Gasteiger partial charge in [0, 0.05) is 134 Å². The third kappa shape index (κ3) is 30.0. The number of amides is 4. The molecule has 0 bridgehead atoms. The molecule has 3 aromatic carbocycles. The first-order valence-corrected chi connectivity index (χ1v) is 35.9. The van der Waals surface area contributed by atoms with Crippen molar-refractivity contribution in [3.63, 3.8) is 0 Å². The number of nitrogens with zero attached hydrogens (tertiary/aromatic N) is 7. The molecule has 1 aliphatic heterocycles. The van der Waals surface area contributed by atoms with Gasteiger partial charge in [-0.2, -0.15) is 9.82 Å². The van der Waals surface area contributed by atoms with Crippen molar-refractivity contribution in [1.82, 2.24) is 65.3 Å². The Morgan fingerprint density at radius 3 is 1.80 bits per heavy atom. The Balaban J connectivity index is 0.818. The molecule has 2 aromatic heterocycles. The number of hydrogen-bond acceptors (Lipinski definition) is 24. The van der Waals surface area contributed by atoms with Crippen LogP contribution in [0.5, 0.6) is 11.5 Å². The lowest BCUT2D eigenvalue weighted by Gasteiger charge is -2.33. The van der Waals surface area contributed by atoms with Crippen LogP contribution in [-0.2, 0) is 66.0 Å². The van der Waals surface area contributed by atoms with Crippen LogP contribution in [0.1, 0.15) is 66.1 Å². The smallest absolute Gasteiger partial charge is 0.323 e. The molecule has 2 atom stereocenters. The van der Waals surface area contributed by atoms with Crippen LogP contribution in [0, 0.1) is 13.8 Å². The van der Waals surface area contributed by atoms with Gasteiger partial charge in [0.1, 0.15) is 23.6 Å². The van der Waals surface area contributed by atoms with E-state index in [0.29, 0.717) is 145 Å². The Bertz CT molecular complexity index is 3490. The number of hydrogen-bond donors (Lipinski definition) is 13. The van der Waals surface area contributed by atoms with Crippen LogP contribution in [0.3, 0.4) is 0 Å². The number of anilines is 1. The van der Waals surface area contributed by atoms with E-state index in [9.17, 15) is 71.0 Å². The zero-order valence-electron chi connectivity index (χ0n) is 56.6. The number of imidazole rings is 1. The number of sulfonamides is 1. The van der Waals surface area contributed by atoms with E-state index in [1.54, 1.807) is 72.6 Å². The molecule has 0 aliphatic carbocycles. The van der Waals surface area contributed by atoms with Gasteiger partial charge in [0.05, 0.1) is 69.3 Å². The van der Waals surface area contributed by atoms with Crippen molar-refractivity contribution in [3.05, 3.63) is 95.4 Å². The summed E-state index contributed by atoms with van der Waals surface area (Å²) in [4.78, 5) is 103. The maximum atomic E-state index is 13.8. The molecule has 1 fully saturated rings. The molecular weight excluding hydrogens is 1350 g/mol. The maximum absolute atomic E-state index is 13.8. The maximum Gasteiger partial charge on any atom is 0.323 e. The van der Waals surface area contributed by atoms with Gasteiger partial charge in [-0.25, -0.2) is 13.4 Å². The molecule has 0 unspecified atom stereocenters. The van der Waals surface area contributed by atoms with Crippen LogP contribution >= 0.6 is 11.2 Å². The molecule has 1 saturated heterocycles. The Morgan fingerprint density at radius 2 is 1.23 bits per heavy atom. The summed E-state index contributed by atoms with van der Waals surface area (Å²) in [6, 6.07) is 11.1. The number of aromatic amines is 1. The molecule has 1 aliphatic rings. The number of benzene rings is 3. The standard InChI is InChI=1S/C64H96N14O20S2/c1-4-74-22-24-75(26-27-77(45-59(83)84)29-28-76(25-23-74)44-58(81)82)43-57(80)72-53(39-48-10-13-51(14-11-48)98-100(91,92)93)62(86)66-18-8-31-95-34-36-96-35-33-94-30-7-17-65-56(79)9-5-32-97-52-37-46(2)60(47(3)38-52)99(89,90)73-54(63(87)88)42-70-61(85)49-12-15-55-50(40-49)41-71-78(55)21-6-16-67-64-68-19-20-69-64/h10-15,19-20,37-38,40-41,53-54,73,91-93H,4-9,16-18,21-36,39,42-45H2,1-3H3,(H,65,79)(H,66,86)(H,70,85)(H,72,80)(H,81,82)(H,83,84)(H,87,88)(H2,67,68,69)/t53-,54+/m1/s1. The van der Waals surface area contributed by atoms with Gasteiger partial charge in [-0.1, -0.05) is 19.1 Å². The van der Waals surface area contributed by atoms with Crippen molar-refractivity contribution in [3.8, 4) is 11.5 Å². The van der Waals surface area contributed by atoms with Crippen molar-refractivity contribution < 1.29 is 94.1 Å². The quantitative estimate of drug-likeness (QED) is 0.0248. The van der Waals surface area contributed by atoms with Crippen LogP contribution < -0.4 is 40.2 Å². The molecular formula is C64H96N14O20S2. The predicted molar refractivity (Wildman–Crippen MR) is 369 cm³/mol. The van der Waals surface area contributed by atoms with Crippen molar-refractivity contribution in [2.75, 3.05) is 156 Å². The van der Waals surface area contributed by atoms with E-state index in [2.05, 4.69) is 51.3 Å². The van der Waals surface area contributed by atoms with Crippen LogP contribution in [0.15, 0.2) is 78.1 Å². The molecule has 0 spiro atoms. The zero-order valence-corrected chi connectivity index (χ0v) is 58.3. The van der Waals surface area contributed by atoms with Gasteiger partial charge in [-0.15, -0.1) is 0 Å². The van der Waals surface area contributed by atoms with Gasteiger partial charge >= 0.3 is 17.9 Å². The second-order valence-electron chi connectivity index (χ2n) is 23.7. The SMILES string of the molecule is CCN1CCN(CC(=O)O)CCN(CC(=O)O)CCN(CC(=O)N[C@H](Cc2ccc(OS(O)(O)O)cc2)C(=O)NCCCOCCOCCOCCCNC(=O)CCCOc2cc(C)c(S(=O)(=O)N[C@@H](CNC(=O)c3ccc4c(cnn4CCCNc4ncc[nH]4)c3)C(=O)O)c(C)c2)CC1. The first-order chi connectivity index (χ1) is 47.8. The van der Waals surface area contributed by atoms with E-state index in [4.69, 9.17) is 23.1 Å². The number of carbonyl (C=O) groups excluding carboxylic acids is 4. The lowest BCUT2D eigenvalue weighted by molar-refractivity contribution is -0.140. The summed E-state index contributed by atoms with van der Waals surface area (Å²) >= 11 is -4.28. The van der Waals surface area contributed by atoms with Crippen molar-refractivity contribution in [1.29, 1.82) is 0 Å². The molecule has 100 heavy (non-hydrogen) atoms. The van der Waals surface area contributed by atoms with Crippen LogP contribution in [0.2, 0.25) is 0 Å². The number of aromatic nitrogens is 4. The highest BCUT2D eigenvalue weighted by molar-refractivity contribution is 8.15. The normalized spacial score (nSPS) is 14.8. The average molecular weight is 1450 g/mol. The van der Waals surface area contributed by atoms with Gasteiger partial charge in [0.2, 0.25) is 27.7 Å². The monoisotopic (exact) mass is 1440 g/mol. The highest BCUT2D eigenvalue weighted by atomic mass is 32.3. The third-order valence-electron chi connectivity index (χ3n) is 15.8. The number of likely N-dealkylation sites (N-methyl/N-ethyl adjacent to an activating group) is 1. The molecule has 554 valence electrons. The molecule has 36 heteroatoms. The Morgan fingerprint density at radius 1 is 0.640 bits per heavy atom. The summed E-state index contributed by atoms with van der Waals surface area (Å²) in [7, 11) is -4.40. The number of ether oxygens (including phenoxy) is 4. The van der Waals surface area contributed by atoms with Gasteiger partial charge in [-0.05, 0) is 105 Å². The summed E-state index contributed by atoms with van der Waals surface area (Å²) in [5.41, 5.74) is 2.20. The topological polar surface area (TPSA) is 453 Å². The number of carbonyl (C=O) groups is 7. The highest BCUT2D eigenvalue weighted by Gasteiger charge is 2.30. The minimum Gasteiger partial charge on any atom is -0.494 e. The number of nitrogens with one attached hydrogen (secondary N) is 7. The number of H-pyrrole nitrogens is 1. The Labute approximate surface area is 582 Å². The molecule has 0 saturated carbocycles. The average Bonchev–Trinajstić information content (AvgIpc) is 0.862. The van der Waals surface area contributed by atoms with Crippen molar-refractivity contribution >= 4 is 79.6 Å². The lowest BCUT2D eigenvalue weighted by Crippen LogP contribution is -2.52. The van der Waals surface area contributed by atoms with E-state index in [1.807, 2.05) is 16.5 Å². The fourth-order valence-corrected chi connectivity index (χ4v) is 12.8. The number of rotatable bonds is 44. The summed E-state index contributed by atoms with van der Waals surface area (Å²) in [5, 5.41) is 48.4. The fraction of sp³-hybridized carbons (Fsp3) is 0.547. The summed E-state index contributed by atoms with van der Waals surface area (Å²) in [6.07, 6.45) is 7.30. The molecule has 13 N–H and O–H groups in total. The number of carboxylic acid groups (broad SMARTS) is 3. The van der Waals surface area contributed by atoms with E-state index < -0.39 is 75.4 Å². The highest BCUT2D eigenvalue weighted by Crippen LogP contribution is 2.36. The number of aliphatic carboxylic acids is 3. The predicted octanol–water partition coefficient (Wildman–Crippen LogP) is 1.92. The Hall–Kier alpha value is -8.11. The molecule has 4 amide bonds. The van der Waals surface area contributed by atoms with E-state index in [-0.39, 0.29) is 94.1 Å². The lowest BCUT2D eigenvalue weighted by atomic mass is 10.0. The van der Waals surface area contributed by atoms with Gasteiger partial charge < -0.3 is 74.9 Å². The molecule has 34 nitrogen and oxygen atoms in total. The van der Waals surface area contributed by atoms with Gasteiger partial charge in [0.15, 0.2) is 5.95 Å². The number of aryl methyl sites for hydroxylation is 3. The third-order valence-corrected chi connectivity index (χ3v) is 18.0. The van der Waals surface area contributed by atoms with E-state index >= 15 is 0 Å².